The highest BCUT2D eigenvalue weighted by atomic mass is 19.1. The molecule has 0 radical (unpaired) electrons. The van der Waals surface area contributed by atoms with Gasteiger partial charge in [-0.2, -0.15) is 0 Å². The van der Waals surface area contributed by atoms with Gasteiger partial charge in [0.2, 0.25) is 11.8 Å². The van der Waals surface area contributed by atoms with E-state index in [1.54, 1.807) is 26.4 Å². The van der Waals surface area contributed by atoms with Crippen LogP contribution in [0.1, 0.15) is 24.0 Å². The second-order valence-electron chi connectivity index (χ2n) is 9.28. The molecule has 2 amide bonds. The number of halogens is 1. The number of benzene rings is 3. The van der Waals surface area contributed by atoms with E-state index in [0.717, 1.165) is 16.8 Å². The van der Waals surface area contributed by atoms with Crippen LogP contribution < -0.4 is 30.2 Å². The summed E-state index contributed by atoms with van der Waals surface area (Å²) in [5, 5.41) is 8.91. The van der Waals surface area contributed by atoms with Gasteiger partial charge in [-0.25, -0.2) is 4.39 Å². The summed E-state index contributed by atoms with van der Waals surface area (Å²) < 4.78 is 30.2. The van der Waals surface area contributed by atoms with E-state index in [4.69, 9.17) is 14.2 Å². The summed E-state index contributed by atoms with van der Waals surface area (Å²) in [6.45, 7) is 2.45. The van der Waals surface area contributed by atoms with Crippen molar-refractivity contribution in [1.29, 1.82) is 0 Å². The minimum Gasteiger partial charge on any atom is -0.493 e. The Kier molecular flexibility index (Phi) is 6.67. The molecule has 9 heteroatoms. The topological polar surface area (TPSA) is 97.9 Å². The molecule has 0 saturated heterocycles. The van der Waals surface area contributed by atoms with Gasteiger partial charge in [-0.3, -0.25) is 9.59 Å². The summed E-state index contributed by atoms with van der Waals surface area (Å²) >= 11 is 0. The minimum atomic E-state index is -1.14. The molecule has 3 aromatic carbocycles. The fourth-order valence-corrected chi connectivity index (χ4v) is 4.36. The highest BCUT2D eigenvalue weighted by molar-refractivity contribution is 6.17. The predicted molar refractivity (Wildman–Crippen MR) is 143 cm³/mol. The monoisotopic (exact) mass is 517 g/mol. The van der Waals surface area contributed by atoms with E-state index < -0.39 is 17.1 Å². The fraction of sp³-hybridized carbons (Fsp3) is 0.241. The lowest BCUT2D eigenvalue weighted by Gasteiger charge is -2.22. The molecular weight excluding hydrogens is 489 g/mol. The number of nitrogens with one attached hydrogen (secondary N) is 3. The van der Waals surface area contributed by atoms with Crippen molar-refractivity contribution in [3.63, 3.8) is 0 Å². The SMILES string of the molecule is COc1cc2c(cc1OC)C(Oc1ccc(NC(=O)C3(C(=O)Nc4ccc(F)cc4)CC3)c(C)c1)=CCN2. The maximum atomic E-state index is 13.2. The van der Waals surface area contributed by atoms with Crippen molar-refractivity contribution in [3.8, 4) is 17.2 Å². The van der Waals surface area contributed by atoms with Crippen LogP contribution >= 0.6 is 0 Å². The Morgan fingerprint density at radius 1 is 0.921 bits per heavy atom. The molecule has 5 rings (SSSR count). The predicted octanol–water partition coefficient (Wildman–Crippen LogP) is 5.35. The van der Waals surface area contributed by atoms with Gasteiger partial charge >= 0.3 is 0 Å². The molecule has 1 aliphatic carbocycles. The Morgan fingerprint density at radius 3 is 2.26 bits per heavy atom. The Morgan fingerprint density at radius 2 is 1.61 bits per heavy atom. The van der Waals surface area contributed by atoms with Gasteiger partial charge in [0.15, 0.2) is 11.5 Å². The summed E-state index contributed by atoms with van der Waals surface area (Å²) in [6.07, 6.45) is 2.83. The number of methoxy groups -OCH3 is 2. The smallest absolute Gasteiger partial charge is 0.240 e. The standard InChI is InChI=1S/C29H28FN3O5/c1-17-14-20(38-24-10-13-31-23-16-26(37-3)25(36-2)15-21(23)24)8-9-22(17)33-28(35)29(11-12-29)27(34)32-19-6-4-18(30)5-7-19/h4-10,14-16,31H,11-13H2,1-3H3,(H,32,34)(H,33,35). The van der Waals surface area contributed by atoms with Crippen LogP contribution in [0.2, 0.25) is 0 Å². The zero-order valence-corrected chi connectivity index (χ0v) is 21.3. The van der Waals surface area contributed by atoms with Crippen molar-refractivity contribution in [2.75, 3.05) is 36.7 Å². The lowest BCUT2D eigenvalue weighted by Crippen LogP contribution is -2.35. The number of ether oxygens (including phenoxy) is 3. The first-order valence-electron chi connectivity index (χ1n) is 12.2. The van der Waals surface area contributed by atoms with Crippen LogP contribution in [0, 0.1) is 18.2 Å². The first-order valence-corrected chi connectivity index (χ1v) is 12.2. The third kappa shape index (κ3) is 4.87. The van der Waals surface area contributed by atoms with Crippen LogP contribution in [0.25, 0.3) is 5.76 Å². The Balaban J connectivity index is 1.28. The van der Waals surface area contributed by atoms with E-state index in [0.29, 0.717) is 53.8 Å². The van der Waals surface area contributed by atoms with E-state index >= 15 is 0 Å². The van der Waals surface area contributed by atoms with Crippen LogP contribution in [0.5, 0.6) is 17.2 Å². The van der Waals surface area contributed by atoms with Crippen molar-refractivity contribution < 1.29 is 28.2 Å². The van der Waals surface area contributed by atoms with E-state index in [-0.39, 0.29) is 5.91 Å². The molecule has 0 aromatic heterocycles. The zero-order chi connectivity index (χ0) is 26.9. The molecule has 1 aliphatic heterocycles. The van der Waals surface area contributed by atoms with E-state index in [2.05, 4.69) is 16.0 Å². The van der Waals surface area contributed by atoms with Crippen molar-refractivity contribution in [2.45, 2.75) is 19.8 Å². The number of fused-ring (bicyclic) bond motifs is 1. The highest BCUT2D eigenvalue weighted by Crippen LogP contribution is 2.48. The van der Waals surface area contributed by atoms with Gasteiger partial charge in [-0.05, 0) is 79.9 Å². The summed E-state index contributed by atoms with van der Waals surface area (Å²) in [4.78, 5) is 25.9. The van der Waals surface area contributed by atoms with Crippen molar-refractivity contribution >= 4 is 34.6 Å². The molecule has 1 saturated carbocycles. The number of amides is 2. The van der Waals surface area contributed by atoms with Crippen LogP contribution in [0.4, 0.5) is 21.5 Å². The molecule has 0 unspecified atom stereocenters. The second kappa shape index (κ2) is 10.1. The molecule has 2 aliphatic rings. The summed E-state index contributed by atoms with van der Waals surface area (Å²) in [5.74, 6) is 1.32. The number of aryl methyl sites for hydroxylation is 1. The molecule has 0 atom stereocenters. The summed E-state index contributed by atoms with van der Waals surface area (Å²) in [6, 6.07) is 14.5. The Hall–Kier alpha value is -4.53. The largest absolute Gasteiger partial charge is 0.493 e. The Bertz CT molecular complexity index is 1430. The molecule has 8 nitrogen and oxygen atoms in total. The molecule has 0 bridgehead atoms. The van der Waals surface area contributed by atoms with Gasteiger partial charge in [0.25, 0.3) is 0 Å². The van der Waals surface area contributed by atoms with E-state index in [1.807, 2.05) is 31.2 Å². The number of hydrogen-bond acceptors (Lipinski definition) is 6. The van der Waals surface area contributed by atoms with Crippen LogP contribution in [0.3, 0.4) is 0 Å². The molecule has 0 spiro atoms. The third-order valence-corrected chi connectivity index (χ3v) is 6.76. The molecule has 3 aromatic rings. The lowest BCUT2D eigenvalue weighted by atomic mass is 10.0. The van der Waals surface area contributed by atoms with E-state index in [9.17, 15) is 14.0 Å². The van der Waals surface area contributed by atoms with Crippen LogP contribution in [-0.2, 0) is 9.59 Å². The first-order chi connectivity index (χ1) is 18.3. The summed E-state index contributed by atoms with van der Waals surface area (Å²) in [7, 11) is 3.17. The third-order valence-electron chi connectivity index (χ3n) is 6.76. The molecule has 196 valence electrons. The zero-order valence-electron chi connectivity index (χ0n) is 21.3. The highest BCUT2D eigenvalue weighted by Gasteiger charge is 2.56. The molecular formula is C29H28FN3O5. The average Bonchev–Trinajstić information content (AvgIpc) is 3.73. The Labute approximate surface area is 219 Å². The van der Waals surface area contributed by atoms with Crippen molar-refractivity contribution in [1.82, 2.24) is 0 Å². The van der Waals surface area contributed by atoms with E-state index in [1.165, 1.54) is 24.3 Å². The maximum Gasteiger partial charge on any atom is 0.240 e. The number of hydrogen-bond donors (Lipinski definition) is 3. The number of rotatable bonds is 8. The van der Waals surface area contributed by atoms with Crippen molar-refractivity contribution in [3.05, 3.63) is 77.6 Å². The van der Waals surface area contributed by atoms with Gasteiger partial charge in [0, 0.05) is 35.2 Å². The molecule has 1 heterocycles. The first kappa shape index (κ1) is 25.1. The van der Waals surface area contributed by atoms with Gasteiger partial charge in [-0.15, -0.1) is 0 Å². The number of carbonyl (C=O) groups is 2. The van der Waals surface area contributed by atoms with Crippen LogP contribution in [-0.4, -0.2) is 32.6 Å². The molecule has 3 N–H and O–H groups in total. The molecule has 1 fully saturated rings. The molecule has 38 heavy (non-hydrogen) atoms. The lowest BCUT2D eigenvalue weighted by molar-refractivity contribution is -0.131. The van der Waals surface area contributed by atoms with Gasteiger partial charge < -0.3 is 30.2 Å². The number of anilines is 3. The average molecular weight is 518 g/mol. The maximum absolute atomic E-state index is 13.2. The normalized spacial score (nSPS) is 14.8. The second-order valence-corrected chi connectivity index (χ2v) is 9.28. The van der Waals surface area contributed by atoms with Gasteiger partial charge in [-0.1, -0.05) is 0 Å². The quantitative estimate of drug-likeness (QED) is 0.349. The number of carbonyl (C=O) groups excluding carboxylic acids is 2. The van der Waals surface area contributed by atoms with Gasteiger partial charge in [0.05, 0.1) is 14.2 Å². The minimum absolute atomic E-state index is 0.370. The van der Waals surface area contributed by atoms with Crippen LogP contribution in [0.15, 0.2) is 60.7 Å². The fourth-order valence-electron chi connectivity index (χ4n) is 4.36. The van der Waals surface area contributed by atoms with Gasteiger partial charge in [0.1, 0.15) is 22.7 Å². The van der Waals surface area contributed by atoms with Crippen molar-refractivity contribution in [2.24, 2.45) is 5.41 Å². The summed E-state index contributed by atoms with van der Waals surface area (Å²) in [5.41, 5.74) is 2.39.